The second kappa shape index (κ2) is 6.20. The van der Waals surface area contributed by atoms with Crippen LogP contribution in [0, 0.1) is 0 Å². The summed E-state index contributed by atoms with van der Waals surface area (Å²) >= 11 is 1.28. The number of hydrogen-bond donors (Lipinski definition) is 1. The molecule has 0 unspecified atom stereocenters. The number of esters is 1. The van der Waals surface area contributed by atoms with E-state index >= 15 is 0 Å². The van der Waals surface area contributed by atoms with Crippen LogP contribution < -0.4 is 10.1 Å². The summed E-state index contributed by atoms with van der Waals surface area (Å²) in [5, 5.41) is 8.39. The summed E-state index contributed by atoms with van der Waals surface area (Å²) in [5.41, 5.74) is 0.506. The summed E-state index contributed by atoms with van der Waals surface area (Å²) in [6.45, 7) is -0.000798. The number of thiophene rings is 1. The SMILES string of the molecule is COC(=O)Cn1cc(NC(=O)c2cc(OC)cs2)cn1. The number of nitrogens with one attached hydrogen (secondary N) is 1. The molecule has 0 spiro atoms. The van der Waals surface area contributed by atoms with E-state index in [1.807, 2.05) is 0 Å². The van der Waals surface area contributed by atoms with Gasteiger partial charge in [0, 0.05) is 17.6 Å². The molecule has 0 aliphatic rings. The van der Waals surface area contributed by atoms with Crippen LogP contribution in [0.15, 0.2) is 23.8 Å². The fourth-order valence-electron chi connectivity index (χ4n) is 1.45. The topological polar surface area (TPSA) is 82.5 Å². The Morgan fingerprint density at radius 1 is 1.45 bits per heavy atom. The highest BCUT2D eigenvalue weighted by atomic mass is 32.1. The van der Waals surface area contributed by atoms with Crippen LogP contribution in [0.4, 0.5) is 5.69 Å². The Morgan fingerprint density at radius 3 is 2.90 bits per heavy atom. The van der Waals surface area contributed by atoms with Gasteiger partial charge in [-0.2, -0.15) is 5.10 Å². The van der Waals surface area contributed by atoms with E-state index in [0.29, 0.717) is 16.3 Å². The summed E-state index contributed by atoms with van der Waals surface area (Å²) < 4.78 is 10.9. The van der Waals surface area contributed by atoms with Gasteiger partial charge in [-0.1, -0.05) is 0 Å². The Hall–Kier alpha value is -2.35. The van der Waals surface area contributed by atoms with Gasteiger partial charge in [-0.15, -0.1) is 11.3 Å². The van der Waals surface area contributed by atoms with Crippen LogP contribution in [0.1, 0.15) is 9.67 Å². The van der Waals surface area contributed by atoms with Crippen molar-refractivity contribution >= 4 is 28.9 Å². The highest BCUT2D eigenvalue weighted by molar-refractivity contribution is 7.12. The molecule has 2 aromatic heterocycles. The van der Waals surface area contributed by atoms with Crippen LogP contribution in [-0.2, 0) is 16.1 Å². The number of rotatable bonds is 5. The smallest absolute Gasteiger partial charge is 0.327 e. The lowest BCUT2D eigenvalue weighted by Gasteiger charge is -2.00. The lowest BCUT2D eigenvalue weighted by molar-refractivity contribution is -0.141. The third-order valence-corrected chi connectivity index (χ3v) is 3.35. The lowest BCUT2D eigenvalue weighted by atomic mass is 10.4. The van der Waals surface area contributed by atoms with Crippen molar-refractivity contribution in [1.29, 1.82) is 0 Å². The van der Waals surface area contributed by atoms with Gasteiger partial charge < -0.3 is 14.8 Å². The average molecular weight is 295 g/mol. The highest BCUT2D eigenvalue weighted by Gasteiger charge is 2.11. The molecule has 20 heavy (non-hydrogen) atoms. The maximum Gasteiger partial charge on any atom is 0.327 e. The van der Waals surface area contributed by atoms with Crippen molar-refractivity contribution in [3.8, 4) is 5.75 Å². The molecule has 2 heterocycles. The van der Waals surface area contributed by atoms with E-state index in [2.05, 4.69) is 15.2 Å². The fraction of sp³-hybridized carbons (Fsp3) is 0.250. The van der Waals surface area contributed by atoms with Crippen LogP contribution in [0.2, 0.25) is 0 Å². The molecule has 0 fully saturated rings. The van der Waals surface area contributed by atoms with Crippen molar-refractivity contribution in [2.45, 2.75) is 6.54 Å². The highest BCUT2D eigenvalue weighted by Crippen LogP contribution is 2.22. The molecule has 1 amide bonds. The normalized spacial score (nSPS) is 10.1. The molecule has 0 atom stereocenters. The van der Waals surface area contributed by atoms with Gasteiger partial charge >= 0.3 is 5.97 Å². The Morgan fingerprint density at radius 2 is 2.25 bits per heavy atom. The second-order valence-corrected chi connectivity index (χ2v) is 4.72. The number of amides is 1. The number of carbonyl (C=O) groups excluding carboxylic acids is 2. The molecule has 7 nitrogen and oxygen atoms in total. The van der Waals surface area contributed by atoms with E-state index in [1.54, 1.807) is 24.8 Å². The predicted octanol–water partition coefficient (Wildman–Crippen LogP) is 1.38. The number of anilines is 1. The van der Waals surface area contributed by atoms with Crippen molar-refractivity contribution in [2.75, 3.05) is 19.5 Å². The van der Waals surface area contributed by atoms with Crippen LogP contribution in [0.3, 0.4) is 0 Å². The zero-order chi connectivity index (χ0) is 14.5. The largest absolute Gasteiger partial charge is 0.496 e. The molecule has 8 heteroatoms. The summed E-state index contributed by atoms with van der Waals surface area (Å²) in [7, 11) is 2.85. The summed E-state index contributed by atoms with van der Waals surface area (Å²) in [5.74, 6) is -0.0218. The fourth-order valence-corrected chi connectivity index (χ4v) is 2.20. The van der Waals surface area contributed by atoms with Gasteiger partial charge in [0.25, 0.3) is 5.91 Å². The van der Waals surface area contributed by atoms with Gasteiger partial charge in [0.15, 0.2) is 0 Å². The number of hydrogen-bond acceptors (Lipinski definition) is 6. The molecule has 0 saturated carbocycles. The standard InChI is InChI=1S/C12H13N3O4S/c1-18-9-3-10(20-7-9)12(17)14-8-4-13-15(5-8)6-11(16)19-2/h3-5,7H,6H2,1-2H3,(H,14,17). The molecular weight excluding hydrogens is 282 g/mol. The molecule has 2 aromatic rings. The summed E-state index contributed by atoms with van der Waals surface area (Å²) in [6, 6.07) is 1.65. The minimum Gasteiger partial charge on any atom is -0.496 e. The zero-order valence-corrected chi connectivity index (χ0v) is 11.8. The van der Waals surface area contributed by atoms with E-state index in [-0.39, 0.29) is 12.5 Å². The first kappa shape index (κ1) is 14.1. The van der Waals surface area contributed by atoms with Crippen LogP contribution in [0.5, 0.6) is 5.75 Å². The quantitative estimate of drug-likeness (QED) is 0.843. The minimum absolute atomic E-state index is 0.000798. The molecule has 106 valence electrons. The van der Waals surface area contributed by atoms with Crippen LogP contribution in [0.25, 0.3) is 0 Å². The van der Waals surface area contributed by atoms with Crippen molar-refractivity contribution in [3.05, 3.63) is 28.7 Å². The zero-order valence-electron chi connectivity index (χ0n) is 11.0. The van der Waals surface area contributed by atoms with Crippen molar-refractivity contribution in [3.63, 3.8) is 0 Å². The van der Waals surface area contributed by atoms with Crippen molar-refractivity contribution < 1.29 is 19.1 Å². The Balaban J connectivity index is 1.99. The molecule has 0 aliphatic carbocycles. The molecule has 1 N–H and O–H groups in total. The number of nitrogens with zero attached hydrogens (tertiary/aromatic N) is 2. The van der Waals surface area contributed by atoms with Gasteiger partial charge in [0.2, 0.25) is 0 Å². The van der Waals surface area contributed by atoms with Crippen molar-refractivity contribution in [2.24, 2.45) is 0 Å². The minimum atomic E-state index is -0.408. The van der Waals surface area contributed by atoms with Gasteiger partial charge in [-0.3, -0.25) is 14.3 Å². The number of carbonyl (C=O) groups is 2. The first-order valence-electron chi connectivity index (χ1n) is 5.65. The summed E-state index contributed by atoms with van der Waals surface area (Å²) in [4.78, 5) is 23.6. The summed E-state index contributed by atoms with van der Waals surface area (Å²) in [6.07, 6.45) is 3.02. The predicted molar refractivity (Wildman–Crippen MR) is 73.1 cm³/mol. The molecule has 0 saturated heterocycles. The average Bonchev–Trinajstić information content (AvgIpc) is 3.07. The Bertz CT molecular complexity index is 620. The van der Waals surface area contributed by atoms with Crippen LogP contribution in [-0.4, -0.2) is 35.9 Å². The maximum absolute atomic E-state index is 11.9. The van der Waals surface area contributed by atoms with E-state index < -0.39 is 5.97 Å². The number of aromatic nitrogens is 2. The monoisotopic (exact) mass is 295 g/mol. The van der Waals surface area contributed by atoms with E-state index in [0.717, 1.165) is 0 Å². The third-order valence-electron chi connectivity index (χ3n) is 2.44. The maximum atomic E-state index is 11.9. The molecule has 0 bridgehead atoms. The third kappa shape index (κ3) is 3.35. The van der Waals surface area contributed by atoms with Gasteiger partial charge in [0.05, 0.1) is 31.0 Å². The van der Waals surface area contributed by atoms with Crippen molar-refractivity contribution in [1.82, 2.24) is 9.78 Å². The van der Waals surface area contributed by atoms with E-state index in [4.69, 9.17) is 4.74 Å². The number of ether oxygens (including phenoxy) is 2. The molecule has 0 aliphatic heterocycles. The van der Waals surface area contributed by atoms with Crippen LogP contribution >= 0.6 is 11.3 Å². The molecule has 0 aromatic carbocycles. The van der Waals surface area contributed by atoms with E-state index in [9.17, 15) is 9.59 Å². The lowest BCUT2D eigenvalue weighted by Crippen LogP contribution is -2.12. The van der Waals surface area contributed by atoms with Gasteiger partial charge in [-0.25, -0.2) is 0 Å². The second-order valence-electron chi connectivity index (χ2n) is 3.81. The molecular formula is C12H13N3O4S. The number of methoxy groups -OCH3 is 2. The first-order chi connectivity index (χ1) is 9.62. The van der Waals surface area contributed by atoms with Gasteiger partial charge in [0.1, 0.15) is 12.3 Å². The Kier molecular flexibility index (Phi) is 4.36. The molecule has 0 radical (unpaired) electrons. The van der Waals surface area contributed by atoms with E-state index in [1.165, 1.54) is 29.3 Å². The Labute approximate surface area is 119 Å². The first-order valence-corrected chi connectivity index (χ1v) is 6.53. The van der Waals surface area contributed by atoms with Gasteiger partial charge in [-0.05, 0) is 0 Å². The molecule has 2 rings (SSSR count).